The molecular weight excluding hydrogens is 362 g/mol. The molecule has 0 spiro atoms. The number of halogens is 1. The van der Waals surface area contributed by atoms with Crippen LogP contribution in [0.3, 0.4) is 0 Å². The van der Waals surface area contributed by atoms with Crippen LogP contribution in [0, 0.1) is 0 Å². The summed E-state index contributed by atoms with van der Waals surface area (Å²) in [7, 11) is -2.58. The zero-order valence-electron chi connectivity index (χ0n) is 15.6. The van der Waals surface area contributed by atoms with Crippen LogP contribution in [0.4, 0.5) is 0 Å². The Morgan fingerprint density at radius 3 is 1.18 bits per heavy atom. The second-order valence-electron chi connectivity index (χ2n) is 5.68. The first-order valence-corrected chi connectivity index (χ1v) is 10.8. The fourth-order valence-electron chi connectivity index (χ4n) is 2.45. The Labute approximate surface area is 150 Å². The molecule has 136 valence electrons. The minimum Gasteiger partial charge on any atom is -1.00 e. The highest BCUT2D eigenvalue weighted by molar-refractivity contribution is 6.60. The molecule has 0 radical (unpaired) electrons. The van der Waals surface area contributed by atoms with Crippen molar-refractivity contribution in [3.8, 4) is 0 Å². The molecule has 6 heteroatoms. The summed E-state index contributed by atoms with van der Waals surface area (Å²) >= 11 is 0. The molecule has 0 aromatic heterocycles. The smallest absolute Gasteiger partial charge is 0.559 e. The number of hydrogen-bond acceptors (Lipinski definition) is 3. The van der Waals surface area contributed by atoms with Gasteiger partial charge in [0.05, 0.1) is 19.6 Å². The molecule has 0 fully saturated rings. The van der Waals surface area contributed by atoms with Crippen molar-refractivity contribution in [2.75, 3.05) is 45.6 Å². The first kappa shape index (κ1) is 24.8. The average Bonchev–Trinajstić information content (AvgIpc) is 2.54. The second kappa shape index (κ2) is 13.9. The highest BCUT2D eigenvalue weighted by atomic mass is 79.9. The fraction of sp³-hybridized carbons (Fsp3) is 1.00. The van der Waals surface area contributed by atoms with Crippen LogP contribution in [0.5, 0.6) is 0 Å². The van der Waals surface area contributed by atoms with Crippen LogP contribution in [0.15, 0.2) is 0 Å². The van der Waals surface area contributed by atoms with Gasteiger partial charge >= 0.3 is 8.80 Å². The zero-order valence-corrected chi connectivity index (χ0v) is 18.2. The van der Waals surface area contributed by atoms with Crippen molar-refractivity contribution in [2.24, 2.45) is 0 Å². The molecule has 0 bridgehead atoms. The summed E-state index contributed by atoms with van der Waals surface area (Å²) in [4.78, 5) is 0. The lowest BCUT2D eigenvalue weighted by molar-refractivity contribution is -0.916. The molecule has 0 aromatic carbocycles. The van der Waals surface area contributed by atoms with Gasteiger partial charge in [-0.1, -0.05) is 20.8 Å². The Balaban J connectivity index is 0. The second-order valence-corrected chi connectivity index (χ2v) is 8.23. The number of quaternary nitrogens is 1. The van der Waals surface area contributed by atoms with Gasteiger partial charge in [-0.3, -0.25) is 0 Å². The molecule has 0 unspecified atom stereocenters. The Bertz CT molecular complexity index is 224. The summed E-state index contributed by atoms with van der Waals surface area (Å²) in [5.74, 6) is 0. The van der Waals surface area contributed by atoms with E-state index in [1.807, 2.05) is 0 Å². The highest BCUT2D eigenvalue weighted by Gasteiger charge is 2.49. The van der Waals surface area contributed by atoms with Crippen molar-refractivity contribution in [3.05, 3.63) is 0 Å². The third-order valence-electron chi connectivity index (χ3n) is 4.12. The molecule has 0 saturated carbocycles. The van der Waals surface area contributed by atoms with Crippen LogP contribution in [-0.2, 0) is 13.3 Å². The van der Waals surface area contributed by atoms with Gasteiger partial charge in [-0.25, -0.2) is 0 Å². The number of rotatable bonds is 14. The van der Waals surface area contributed by atoms with Gasteiger partial charge in [0.15, 0.2) is 0 Å². The van der Waals surface area contributed by atoms with Crippen molar-refractivity contribution in [1.82, 2.24) is 0 Å². The molecular formula is C16H38BrNO3Si. The molecule has 0 aliphatic heterocycles. The summed E-state index contributed by atoms with van der Waals surface area (Å²) in [5.41, 5.74) is 0. The maximum Gasteiger partial charge on any atom is 0.559 e. The molecule has 0 aromatic rings. The summed E-state index contributed by atoms with van der Waals surface area (Å²) in [6.07, 6.45) is 3.91. The van der Waals surface area contributed by atoms with E-state index in [0.717, 1.165) is 69.4 Å². The van der Waals surface area contributed by atoms with Gasteiger partial charge in [0, 0.05) is 19.8 Å². The lowest BCUT2D eigenvalue weighted by Crippen LogP contribution is -3.00. The van der Waals surface area contributed by atoms with E-state index in [0.29, 0.717) is 0 Å². The van der Waals surface area contributed by atoms with Gasteiger partial charge in [0.1, 0.15) is 6.17 Å². The quantitative estimate of drug-likeness (QED) is 0.316. The van der Waals surface area contributed by atoms with Gasteiger partial charge in [-0.2, -0.15) is 0 Å². The SMILES string of the molecule is CCCO[Si](C[N+](CC)(CC)CC)(OCCC)OCCC.[Br-]. The Morgan fingerprint density at radius 1 is 0.636 bits per heavy atom. The minimum absolute atomic E-state index is 0. The van der Waals surface area contributed by atoms with Crippen LogP contribution in [0.25, 0.3) is 0 Å². The average molecular weight is 400 g/mol. The fourth-order valence-corrected chi connectivity index (χ4v) is 6.01. The lowest BCUT2D eigenvalue weighted by atomic mass is 10.4. The third-order valence-corrected chi connectivity index (χ3v) is 7.11. The van der Waals surface area contributed by atoms with E-state index in [2.05, 4.69) is 41.5 Å². The predicted molar refractivity (Wildman–Crippen MR) is 91.2 cm³/mol. The lowest BCUT2D eigenvalue weighted by Gasteiger charge is -2.41. The number of hydrogen-bond donors (Lipinski definition) is 0. The molecule has 0 heterocycles. The largest absolute Gasteiger partial charge is 1.00 e. The zero-order chi connectivity index (χ0) is 16.2. The Morgan fingerprint density at radius 2 is 0.955 bits per heavy atom. The normalized spacial score (nSPS) is 12.3. The van der Waals surface area contributed by atoms with E-state index in [1.165, 1.54) is 0 Å². The molecule has 0 rings (SSSR count). The minimum atomic E-state index is -2.58. The number of nitrogens with zero attached hydrogens (tertiary/aromatic N) is 1. The van der Waals surface area contributed by atoms with Crippen LogP contribution in [0.2, 0.25) is 0 Å². The standard InChI is InChI=1S/C16H38NO3Si.BrH/c1-7-13-18-21(19-14-8-2,20-15-9-3)16-17(10-4,11-5)12-6;/h7-16H2,1-6H3;1H/q+1;/p-1. The van der Waals surface area contributed by atoms with Gasteiger partial charge < -0.3 is 34.7 Å². The molecule has 0 aliphatic rings. The van der Waals surface area contributed by atoms with E-state index in [1.54, 1.807) is 0 Å². The van der Waals surface area contributed by atoms with Crippen molar-refractivity contribution in [3.63, 3.8) is 0 Å². The Hall–Kier alpha value is 0.537. The molecule has 0 amide bonds. The molecule has 4 nitrogen and oxygen atoms in total. The van der Waals surface area contributed by atoms with Crippen molar-refractivity contribution < 1.29 is 34.7 Å². The summed E-state index contributed by atoms with van der Waals surface area (Å²) in [6.45, 7) is 18.7. The highest BCUT2D eigenvalue weighted by Crippen LogP contribution is 2.19. The first-order valence-electron chi connectivity index (χ1n) is 8.84. The maximum atomic E-state index is 6.22. The Kier molecular flexibility index (Phi) is 15.7. The maximum absolute atomic E-state index is 6.22. The van der Waals surface area contributed by atoms with Gasteiger partial charge in [-0.05, 0) is 40.0 Å². The van der Waals surface area contributed by atoms with Crippen molar-refractivity contribution in [1.29, 1.82) is 0 Å². The van der Waals surface area contributed by atoms with Crippen molar-refractivity contribution >= 4 is 8.80 Å². The third kappa shape index (κ3) is 8.41. The topological polar surface area (TPSA) is 27.7 Å². The molecule has 0 atom stereocenters. The van der Waals surface area contributed by atoms with Gasteiger partial charge in [-0.15, -0.1) is 0 Å². The van der Waals surface area contributed by atoms with E-state index in [-0.39, 0.29) is 17.0 Å². The molecule has 0 saturated heterocycles. The van der Waals surface area contributed by atoms with Crippen LogP contribution in [-0.4, -0.2) is 58.9 Å². The molecule has 22 heavy (non-hydrogen) atoms. The van der Waals surface area contributed by atoms with Gasteiger partial charge in [0.25, 0.3) is 0 Å². The van der Waals surface area contributed by atoms with Crippen LogP contribution in [0.1, 0.15) is 60.8 Å². The first-order chi connectivity index (χ1) is 10.1. The van der Waals surface area contributed by atoms with E-state index in [4.69, 9.17) is 13.3 Å². The molecule has 0 aliphatic carbocycles. The monoisotopic (exact) mass is 399 g/mol. The van der Waals surface area contributed by atoms with Gasteiger partial charge in [0.2, 0.25) is 0 Å². The van der Waals surface area contributed by atoms with E-state index < -0.39 is 8.80 Å². The summed E-state index contributed by atoms with van der Waals surface area (Å²) in [6, 6.07) is 0. The summed E-state index contributed by atoms with van der Waals surface area (Å²) in [5, 5.41) is 0. The summed E-state index contributed by atoms with van der Waals surface area (Å²) < 4.78 is 19.7. The molecule has 0 N–H and O–H groups in total. The van der Waals surface area contributed by atoms with Crippen LogP contribution >= 0.6 is 0 Å². The van der Waals surface area contributed by atoms with E-state index >= 15 is 0 Å². The predicted octanol–water partition coefficient (Wildman–Crippen LogP) is 0.625. The van der Waals surface area contributed by atoms with Crippen molar-refractivity contribution in [2.45, 2.75) is 60.8 Å². The van der Waals surface area contributed by atoms with E-state index in [9.17, 15) is 0 Å². The van der Waals surface area contributed by atoms with Crippen LogP contribution < -0.4 is 17.0 Å².